The van der Waals surface area contributed by atoms with E-state index >= 15 is 0 Å². The monoisotopic (exact) mass is 227 g/mol. The molecule has 1 saturated carbocycles. The van der Waals surface area contributed by atoms with Gasteiger partial charge in [0.1, 0.15) is 0 Å². The Hall–Kier alpha value is -0.610. The minimum atomic E-state index is -0.0750. The van der Waals surface area contributed by atoms with E-state index in [1.54, 1.807) is 0 Å². The Bertz CT molecular complexity index is 238. The van der Waals surface area contributed by atoms with Crippen molar-refractivity contribution in [3.63, 3.8) is 0 Å². The second-order valence-corrected chi connectivity index (χ2v) is 5.27. The van der Waals surface area contributed by atoms with Gasteiger partial charge >= 0.3 is 0 Å². The number of amides is 1. The smallest absolute Gasteiger partial charge is 0.238 e. The van der Waals surface area contributed by atoms with Crippen molar-refractivity contribution in [3.8, 4) is 0 Å². The van der Waals surface area contributed by atoms with Crippen LogP contribution in [0.15, 0.2) is 0 Å². The lowest BCUT2D eigenvalue weighted by molar-refractivity contribution is -0.126. The maximum atomic E-state index is 11.5. The van der Waals surface area contributed by atoms with E-state index in [1.165, 1.54) is 12.8 Å². The maximum absolute atomic E-state index is 11.5. The first-order valence-corrected chi connectivity index (χ1v) is 6.23. The third-order valence-corrected chi connectivity index (χ3v) is 3.63. The molecule has 16 heavy (non-hydrogen) atoms. The summed E-state index contributed by atoms with van der Waals surface area (Å²) in [4.78, 5) is 13.9. The van der Waals surface area contributed by atoms with Crippen LogP contribution < -0.4 is 11.3 Å². The molecule has 1 aliphatic carbocycles. The summed E-state index contributed by atoms with van der Waals surface area (Å²) in [6.07, 6.45) is 2.68. The van der Waals surface area contributed by atoms with Gasteiger partial charge in [0.15, 0.2) is 0 Å². The fraction of sp³-hybridized carbons (Fsp3) is 0.917. The predicted octanol–water partition coefficient (Wildman–Crippen LogP) is 1.12. The number of carbonyl (C=O) groups excluding carboxylic acids is 1. The number of hydrazine groups is 1. The van der Waals surface area contributed by atoms with Gasteiger partial charge in [-0.25, -0.2) is 5.84 Å². The van der Waals surface area contributed by atoms with Crippen molar-refractivity contribution in [1.82, 2.24) is 10.3 Å². The molecule has 94 valence electrons. The summed E-state index contributed by atoms with van der Waals surface area (Å²) in [7, 11) is 0. The molecule has 0 bridgehead atoms. The highest BCUT2D eigenvalue weighted by molar-refractivity contribution is 5.78. The Morgan fingerprint density at radius 3 is 2.31 bits per heavy atom. The minimum absolute atomic E-state index is 0.0638. The molecule has 3 N–H and O–H groups in total. The van der Waals surface area contributed by atoms with E-state index in [4.69, 9.17) is 5.84 Å². The lowest BCUT2D eigenvalue weighted by atomic mass is 9.99. The van der Waals surface area contributed by atoms with Crippen molar-refractivity contribution in [2.24, 2.45) is 17.7 Å². The van der Waals surface area contributed by atoms with Crippen molar-refractivity contribution in [1.29, 1.82) is 0 Å². The van der Waals surface area contributed by atoms with Crippen LogP contribution in [-0.2, 0) is 4.79 Å². The number of rotatable bonds is 6. The van der Waals surface area contributed by atoms with E-state index in [0.717, 1.165) is 12.5 Å². The first-order valence-electron chi connectivity index (χ1n) is 6.23. The van der Waals surface area contributed by atoms with Gasteiger partial charge < -0.3 is 0 Å². The van der Waals surface area contributed by atoms with Crippen LogP contribution in [0.2, 0.25) is 0 Å². The quantitative estimate of drug-likeness (QED) is 0.406. The second-order valence-electron chi connectivity index (χ2n) is 5.27. The van der Waals surface area contributed by atoms with Gasteiger partial charge in [0.25, 0.3) is 0 Å². The van der Waals surface area contributed by atoms with Gasteiger partial charge in [0.05, 0.1) is 5.92 Å². The van der Waals surface area contributed by atoms with Crippen molar-refractivity contribution >= 4 is 5.91 Å². The van der Waals surface area contributed by atoms with Crippen LogP contribution in [0.25, 0.3) is 0 Å². The number of hydrogen-bond acceptors (Lipinski definition) is 3. The molecule has 0 radical (unpaired) electrons. The number of nitrogens with one attached hydrogen (secondary N) is 1. The highest BCUT2D eigenvalue weighted by Gasteiger charge is 2.31. The summed E-state index contributed by atoms with van der Waals surface area (Å²) in [6.45, 7) is 9.54. The molecule has 0 spiro atoms. The Labute approximate surface area is 98.5 Å². The highest BCUT2D eigenvalue weighted by atomic mass is 16.2. The molecular formula is C12H25N3O. The van der Waals surface area contributed by atoms with Gasteiger partial charge in [-0.3, -0.25) is 15.1 Å². The Morgan fingerprint density at radius 1 is 1.38 bits per heavy atom. The van der Waals surface area contributed by atoms with Crippen LogP contribution in [0, 0.1) is 11.8 Å². The van der Waals surface area contributed by atoms with Gasteiger partial charge in [-0.1, -0.05) is 6.92 Å². The maximum Gasteiger partial charge on any atom is 0.238 e. The zero-order valence-corrected chi connectivity index (χ0v) is 10.9. The van der Waals surface area contributed by atoms with Crippen LogP contribution in [-0.4, -0.2) is 29.4 Å². The van der Waals surface area contributed by atoms with E-state index in [0.29, 0.717) is 6.04 Å². The Morgan fingerprint density at radius 2 is 1.94 bits per heavy atom. The molecule has 1 aliphatic rings. The molecule has 0 aromatic heterocycles. The topological polar surface area (TPSA) is 58.4 Å². The first kappa shape index (κ1) is 13.5. The average Bonchev–Trinajstić information content (AvgIpc) is 3.06. The lowest BCUT2D eigenvalue weighted by Crippen LogP contribution is -2.49. The van der Waals surface area contributed by atoms with E-state index < -0.39 is 0 Å². The zero-order chi connectivity index (χ0) is 12.3. The van der Waals surface area contributed by atoms with Crippen molar-refractivity contribution in [2.75, 3.05) is 6.54 Å². The van der Waals surface area contributed by atoms with Crippen molar-refractivity contribution < 1.29 is 4.79 Å². The molecule has 0 aromatic rings. The van der Waals surface area contributed by atoms with Gasteiger partial charge in [0, 0.05) is 18.6 Å². The number of nitrogens with two attached hydrogens (primary N) is 1. The van der Waals surface area contributed by atoms with Crippen LogP contribution in [0.4, 0.5) is 0 Å². The fourth-order valence-corrected chi connectivity index (χ4v) is 2.08. The average molecular weight is 227 g/mol. The SMILES string of the molecule is CC(C(=O)NN)C(C)N(CC1CC1)C(C)C. The molecule has 0 aliphatic heterocycles. The van der Waals surface area contributed by atoms with E-state index in [9.17, 15) is 4.79 Å². The summed E-state index contributed by atoms with van der Waals surface area (Å²) in [5, 5.41) is 0. The Balaban J connectivity index is 2.57. The first-order chi connectivity index (χ1) is 7.47. The molecule has 2 atom stereocenters. The Kier molecular flexibility index (Phi) is 4.74. The van der Waals surface area contributed by atoms with Crippen LogP contribution in [0.5, 0.6) is 0 Å². The molecule has 1 amide bonds. The molecule has 0 heterocycles. The molecule has 0 aromatic carbocycles. The largest absolute Gasteiger partial charge is 0.297 e. The summed E-state index contributed by atoms with van der Waals surface area (Å²) < 4.78 is 0. The standard InChI is InChI=1S/C12H25N3O/c1-8(2)15(7-11-5-6-11)10(4)9(3)12(16)14-13/h8-11H,5-7,13H2,1-4H3,(H,14,16). The summed E-state index contributed by atoms with van der Waals surface area (Å²) in [5.74, 6) is 5.89. The fourth-order valence-electron chi connectivity index (χ4n) is 2.08. The molecule has 1 fully saturated rings. The predicted molar refractivity (Wildman–Crippen MR) is 65.5 cm³/mol. The number of hydrogen-bond donors (Lipinski definition) is 2. The van der Waals surface area contributed by atoms with Gasteiger partial charge in [-0.2, -0.15) is 0 Å². The van der Waals surface area contributed by atoms with Crippen molar-refractivity contribution in [2.45, 2.75) is 52.6 Å². The molecule has 1 rings (SSSR count). The minimum Gasteiger partial charge on any atom is -0.297 e. The van der Waals surface area contributed by atoms with Crippen LogP contribution in [0.3, 0.4) is 0 Å². The van der Waals surface area contributed by atoms with Gasteiger partial charge in [0.2, 0.25) is 5.91 Å². The molecule has 4 heteroatoms. The summed E-state index contributed by atoms with van der Waals surface area (Å²) in [6, 6.07) is 0.716. The normalized spacial score (nSPS) is 19.9. The molecule has 4 nitrogen and oxygen atoms in total. The van der Waals surface area contributed by atoms with E-state index in [-0.39, 0.29) is 17.9 Å². The molecular weight excluding hydrogens is 202 g/mol. The summed E-state index contributed by atoms with van der Waals surface area (Å²) in [5.41, 5.74) is 2.24. The van der Waals surface area contributed by atoms with Crippen LogP contribution in [0.1, 0.15) is 40.5 Å². The third kappa shape index (κ3) is 3.46. The van der Waals surface area contributed by atoms with Gasteiger partial charge in [-0.15, -0.1) is 0 Å². The number of nitrogens with zero attached hydrogens (tertiary/aromatic N) is 1. The van der Waals surface area contributed by atoms with Crippen molar-refractivity contribution in [3.05, 3.63) is 0 Å². The molecule has 0 saturated heterocycles. The van der Waals surface area contributed by atoms with Gasteiger partial charge in [-0.05, 0) is 39.5 Å². The lowest BCUT2D eigenvalue weighted by Gasteiger charge is -2.35. The third-order valence-electron chi connectivity index (χ3n) is 3.63. The van der Waals surface area contributed by atoms with E-state index in [1.807, 2.05) is 6.92 Å². The van der Waals surface area contributed by atoms with Crippen LogP contribution >= 0.6 is 0 Å². The zero-order valence-electron chi connectivity index (χ0n) is 10.9. The second kappa shape index (κ2) is 5.64. The molecule has 2 unspecified atom stereocenters. The van der Waals surface area contributed by atoms with E-state index in [2.05, 4.69) is 31.1 Å². The number of carbonyl (C=O) groups is 1. The highest BCUT2D eigenvalue weighted by Crippen LogP contribution is 2.31. The summed E-state index contributed by atoms with van der Waals surface area (Å²) >= 11 is 0.